The van der Waals surface area contributed by atoms with Gasteiger partial charge in [0.25, 0.3) is 0 Å². The molecule has 0 saturated heterocycles. The molecule has 0 aromatic rings. The summed E-state index contributed by atoms with van der Waals surface area (Å²) >= 11 is 0. The molecule has 0 aromatic heterocycles. The van der Waals surface area contributed by atoms with Gasteiger partial charge in [-0.2, -0.15) is 0 Å². The van der Waals surface area contributed by atoms with Gasteiger partial charge in [-0.25, -0.2) is 0 Å². The second kappa shape index (κ2) is 9.86. The fourth-order valence-corrected chi connectivity index (χ4v) is 0.214. The van der Waals surface area contributed by atoms with Gasteiger partial charge in [0.2, 0.25) is 0 Å². The minimum absolute atomic E-state index is 0. The van der Waals surface area contributed by atoms with Gasteiger partial charge in [-0.1, -0.05) is 0 Å². The SMILES string of the molecule is O=C(O)CCC(=O)O.[H-].[Na+].[PbH2]. The van der Waals surface area contributed by atoms with E-state index in [1.165, 1.54) is 0 Å². The van der Waals surface area contributed by atoms with E-state index in [4.69, 9.17) is 10.2 Å². The summed E-state index contributed by atoms with van der Waals surface area (Å²) in [5.74, 6) is -2.15. The second-order valence-corrected chi connectivity index (χ2v) is 1.29. The van der Waals surface area contributed by atoms with Crippen LogP contribution in [0.4, 0.5) is 0 Å². The maximum atomic E-state index is 9.64. The zero-order chi connectivity index (χ0) is 6.57. The van der Waals surface area contributed by atoms with Crippen molar-refractivity contribution >= 4 is 39.2 Å². The predicted octanol–water partition coefficient (Wildman–Crippen LogP) is -3.86. The molecule has 0 aliphatic rings. The zero-order valence-corrected chi connectivity index (χ0v) is 13.3. The Morgan fingerprint density at radius 1 is 1.10 bits per heavy atom. The van der Waals surface area contributed by atoms with Gasteiger partial charge < -0.3 is 11.6 Å². The number of carboxylic acid groups (broad SMARTS) is 2. The molecular formula is C4H9NaO4Pb. The van der Waals surface area contributed by atoms with Crippen LogP contribution in [0.25, 0.3) is 0 Å². The first-order valence-corrected chi connectivity index (χ1v) is 2.06. The number of carbonyl (C=O) groups is 2. The molecule has 0 aromatic carbocycles. The van der Waals surface area contributed by atoms with E-state index in [0.717, 1.165) is 0 Å². The van der Waals surface area contributed by atoms with Crippen molar-refractivity contribution < 1.29 is 50.8 Å². The van der Waals surface area contributed by atoms with E-state index in [9.17, 15) is 9.59 Å². The van der Waals surface area contributed by atoms with Crippen LogP contribution in [-0.4, -0.2) is 49.5 Å². The van der Waals surface area contributed by atoms with E-state index in [1.54, 1.807) is 0 Å². The van der Waals surface area contributed by atoms with Gasteiger partial charge in [-0.15, -0.1) is 0 Å². The molecule has 4 nitrogen and oxygen atoms in total. The van der Waals surface area contributed by atoms with Gasteiger partial charge in [0, 0.05) is 0 Å². The molecule has 0 unspecified atom stereocenters. The van der Waals surface area contributed by atoms with Crippen molar-refractivity contribution in [1.29, 1.82) is 0 Å². The maximum absolute atomic E-state index is 9.64. The van der Waals surface area contributed by atoms with Gasteiger partial charge in [0.1, 0.15) is 0 Å². The van der Waals surface area contributed by atoms with Gasteiger partial charge in [-0.3, -0.25) is 9.59 Å². The molecule has 0 rings (SSSR count). The van der Waals surface area contributed by atoms with E-state index < -0.39 is 11.9 Å². The van der Waals surface area contributed by atoms with Crippen LogP contribution < -0.4 is 29.6 Å². The summed E-state index contributed by atoms with van der Waals surface area (Å²) < 4.78 is 0. The molecule has 0 bridgehead atoms. The van der Waals surface area contributed by atoms with E-state index >= 15 is 0 Å². The van der Waals surface area contributed by atoms with E-state index in [2.05, 4.69) is 0 Å². The van der Waals surface area contributed by atoms with Crippen LogP contribution in [0.5, 0.6) is 0 Å². The molecule has 0 atom stereocenters. The summed E-state index contributed by atoms with van der Waals surface area (Å²) in [4.78, 5) is 19.3. The molecule has 54 valence electrons. The third kappa shape index (κ3) is 15.9. The van der Waals surface area contributed by atoms with E-state index in [1.807, 2.05) is 0 Å². The van der Waals surface area contributed by atoms with Crippen molar-refractivity contribution in [2.45, 2.75) is 12.8 Å². The van der Waals surface area contributed by atoms with Crippen molar-refractivity contribution in [3.05, 3.63) is 0 Å². The summed E-state index contributed by atoms with van der Waals surface area (Å²) in [6, 6.07) is 0. The van der Waals surface area contributed by atoms with E-state index in [0.29, 0.717) is 0 Å². The number of hydrogen-bond acceptors (Lipinski definition) is 2. The van der Waals surface area contributed by atoms with Gasteiger partial charge >= 0.3 is 68.8 Å². The fourth-order valence-electron chi connectivity index (χ4n) is 0.214. The van der Waals surface area contributed by atoms with Gasteiger partial charge in [-0.05, 0) is 0 Å². The summed E-state index contributed by atoms with van der Waals surface area (Å²) in [5, 5.41) is 15.8. The Balaban J connectivity index is -0.0000000817. The Hall–Kier alpha value is 0.862. The summed E-state index contributed by atoms with van der Waals surface area (Å²) in [5.41, 5.74) is 0. The Labute approximate surface area is 102 Å². The third-order valence-electron chi connectivity index (χ3n) is 0.553. The molecule has 2 radical (unpaired) electrons. The number of hydrogen-bond donors (Lipinski definition) is 2. The van der Waals surface area contributed by atoms with Crippen molar-refractivity contribution in [2.24, 2.45) is 0 Å². The molecule has 10 heavy (non-hydrogen) atoms. The molecule has 0 heterocycles. The fraction of sp³-hybridized carbons (Fsp3) is 0.500. The first kappa shape index (κ1) is 17.1. The van der Waals surface area contributed by atoms with Crippen LogP contribution >= 0.6 is 0 Å². The molecule has 0 aliphatic heterocycles. The van der Waals surface area contributed by atoms with Crippen LogP contribution in [-0.2, 0) is 9.59 Å². The Bertz CT molecular complexity index is 107. The van der Waals surface area contributed by atoms with Crippen LogP contribution in [0, 0.1) is 0 Å². The topological polar surface area (TPSA) is 74.6 Å². The number of aliphatic carboxylic acids is 2. The molecule has 6 heteroatoms. The molecular weight excluding hydrogens is 342 g/mol. The predicted molar refractivity (Wildman–Crippen MR) is 34.2 cm³/mol. The second-order valence-electron chi connectivity index (χ2n) is 1.29. The normalized spacial score (nSPS) is 6.80. The number of rotatable bonds is 3. The van der Waals surface area contributed by atoms with Gasteiger partial charge in [0.05, 0.1) is 12.8 Å². The Morgan fingerprint density at radius 3 is 1.40 bits per heavy atom. The van der Waals surface area contributed by atoms with E-state index in [-0.39, 0.29) is 71.1 Å². The average molecular weight is 351 g/mol. The van der Waals surface area contributed by atoms with Crippen molar-refractivity contribution in [2.75, 3.05) is 0 Å². The van der Waals surface area contributed by atoms with Crippen molar-refractivity contribution in [1.82, 2.24) is 0 Å². The standard InChI is InChI=1S/C4H6O4.Na.Pb.3H/c5-3(6)1-2-4(7)8;;;;;/h1-2H2,(H,5,6)(H,7,8);;;;;/q;+1;;;;-1. The van der Waals surface area contributed by atoms with Crippen molar-refractivity contribution in [3.8, 4) is 0 Å². The average Bonchev–Trinajstić information content (AvgIpc) is 1.61. The molecule has 0 aliphatic carbocycles. The molecule has 2 N–H and O–H groups in total. The zero-order valence-electron chi connectivity index (χ0n) is 6.83. The van der Waals surface area contributed by atoms with Crippen molar-refractivity contribution in [3.63, 3.8) is 0 Å². The Kier molecular flexibility index (Phi) is 16.9. The first-order valence-electron chi connectivity index (χ1n) is 2.06. The summed E-state index contributed by atoms with van der Waals surface area (Å²) in [6.45, 7) is 0. The Morgan fingerprint density at radius 2 is 1.30 bits per heavy atom. The quantitative estimate of drug-likeness (QED) is 0.511. The van der Waals surface area contributed by atoms with Crippen LogP contribution in [0.3, 0.4) is 0 Å². The molecule has 0 saturated carbocycles. The minimum atomic E-state index is -1.08. The summed E-state index contributed by atoms with van der Waals surface area (Å²) in [6.07, 6.45) is -0.593. The monoisotopic (exact) mass is 352 g/mol. The molecule has 0 amide bonds. The van der Waals surface area contributed by atoms with Gasteiger partial charge in [0.15, 0.2) is 0 Å². The van der Waals surface area contributed by atoms with Crippen LogP contribution in [0.1, 0.15) is 14.3 Å². The first-order chi connectivity index (χ1) is 3.63. The summed E-state index contributed by atoms with van der Waals surface area (Å²) in [7, 11) is 0. The third-order valence-corrected chi connectivity index (χ3v) is 0.553. The van der Waals surface area contributed by atoms with Crippen LogP contribution in [0.15, 0.2) is 0 Å². The number of carboxylic acids is 2. The molecule has 0 spiro atoms. The molecule has 0 fully saturated rings. The van der Waals surface area contributed by atoms with Crippen LogP contribution in [0.2, 0.25) is 0 Å².